The third-order valence-corrected chi connectivity index (χ3v) is 6.06. The number of H-pyrrole nitrogens is 1. The molecule has 1 aromatic heterocycles. The molecule has 0 saturated carbocycles. The number of aromatic amines is 1. The number of aromatic nitrogens is 2. The highest BCUT2D eigenvalue weighted by molar-refractivity contribution is 7.78. The molecule has 2 heterocycles. The fourth-order valence-corrected chi connectivity index (χ4v) is 4.58. The summed E-state index contributed by atoms with van der Waals surface area (Å²) < 4.78 is 20.1. The van der Waals surface area contributed by atoms with Gasteiger partial charge in [-0.2, -0.15) is 0 Å². The summed E-state index contributed by atoms with van der Waals surface area (Å²) in [5, 5.41) is 0.653. The van der Waals surface area contributed by atoms with Gasteiger partial charge in [-0.25, -0.2) is 9.19 Å². The van der Waals surface area contributed by atoms with E-state index in [0.717, 1.165) is 18.4 Å². The second-order valence-corrected chi connectivity index (χ2v) is 8.73. The number of benzene rings is 2. The number of nitrogens with one attached hydrogen (secondary N) is 1. The normalized spacial score (nSPS) is 17.4. The van der Waals surface area contributed by atoms with E-state index in [1.807, 2.05) is 24.3 Å². The highest BCUT2D eigenvalue weighted by atomic mass is 35.5. The lowest BCUT2D eigenvalue weighted by Gasteiger charge is -2.24. The van der Waals surface area contributed by atoms with Crippen molar-refractivity contribution in [3.8, 4) is 0 Å². The molecule has 0 radical (unpaired) electrons. The second kappa shape index (κ2) is 8.67. The summed E-state index contributed by atoms with van der Waals surface area (Å²) in [6.07, 6.45) is 2.38. The summed E-state index contributed by atoms with van der Waals surface area (Å²) in [6, 6.07) is 12.4. The van der Waals surface area contributed by atoms with Crippen molar-refractivity contribution in [3.05, 3.63) is 74.7 Å². The Morgan fingerprint density at radius 1 is 1.27 bits per heavy atom. The van der Waals surface area contributed by atoms with Gasteiger partial charge in [-0.15, -0.1) is 0 Å². The van der Waals surface area contributed by atoms with Crippen molar-refractivity contribution in [2.24, 2.45) is 0 Å². The summed E-state index contributed by atoms with van der Waals surface area (Å²) >= 11 is 4.09. The number of nitrogens with zero attached hydrogens (tertiary/aromatic N) is 2. The maximum atomic E-state index is 13.1. The minimum atomic E-state index is -1.98. The summed E-state index contributed by atoms with van der Waals surface area (Å²) in [7, 11) is 0. The largest absolute Gasteiger partial charge is 0.334 e. The molecule has 2 aromatic carbocycles. The quantitative estimate of drug-likeness (QED) is 0.587. The Hall–Kier alpha value is -2.55. The molecule has 1 amide bonds. The SMILES string of the molecule is O=C(c1nc2ccc(CS(=O)O)cc2[nH]c1=O)N1CCCC1Cc1cccc(Cl)c1. The fraction of sp³-hybridized carbons (Fsp3) is 0.286. The van der Waals surface area contributed by atoms with Crippen molar-refractivity contribution in [2.45, 2.75) is 31.1 Å². The molecule has 9 heteroatoms. The number of fused-ring (bicyclic) bond motifs is 1. The Morgan fingerprint density at radius 3 is 2.87 bits per heavy atom. The van der Waals surface area contributed by atoms with E-state index in [-0.39, 0.29) is 23.4 Å². The second-order valence-electron chi connectivity index (χ2n) is 7.36. The van der Waals surface area contributed by atoms with Crippen LogP contribution in [0.25, 0.3) is 11.0 Å². The van der Waals surface area contributed by atoms with Crippen molar-refractivity contribution in [2.75, 3.05) is 6.54 Å². The van der Waals surface area contributed by atoms with Gasteiger partial charge in [0.1, 0.15) is 0 Å². The van der Waals surface area contributed by atoms with Gasteiger partial charge in [0.05, 0.1) is 16.8 Å². The molecule has 0 aliphatic carbocycles. The molecule has 30 heavy (non-hydrogen) atoms. The lowest BCUT2D eigenvalue weighted by molar-refractivity contribution is 0.0729. The Bertz CT molecular complexity index is 1200. The molecule has 1 fully saturated rings. The third kappa shape index (κ3) is 4.45. The minimum absolute atomic E-state index is 0.0187. The molecule has 3 aromatic rings. The summed E-state index contributed by atoms with van der Waals surface area (Å²) in [5.74, 6) is -0.430. The molecule has 1 aliphatic heterocycles. The van der Waals surface area contributed by atoms with Crippen LogP contribution < -0.4 is 5.56 Å². The molecule has 2 unspecified atom stereocenters. The predicted octanol–water partition coefficient (Wildman–Crippen LogP) is 3.15. The van der Waals surface area contributed by atoms with Crippen LogP contribution in [0.15, 0.2) is 47.3 Å². The first-order chi connectivity index (χ1) is 14.4. The topological polar surface area (TPSA) is 103 Å². The molecule has 0 spiro atoms. The van der Waals surface area contributed by atoms with Crippen LogP contribution in [-0.2, 0) is 23.3 Å². The van der Waals surface area contributed by atoms with Gasteiger partial charge in [0.15, 0.2) is 16.8 Å². The van der Waals surface area contributed by atoms with Crippen molar-refractivity contribution in [1.29, 1.82) is 0 Å². The lowest BCUT2D eigenvalue weighted by atomic mass is 10.0. The van der Waals surface area contributed by atoms with Crippen LogP contribution in [0.3, 0.4) is 0 Å². The molecule has 7 nitrogen and oxygen atoms in total. The first-order valence-electron chi connectivity index (χ1n) is 9.56. The van der Waals surface area contributed by atoms with Crippen LogP contribution in [0.4, 0.5) is 0 Å². The molecule has 1 aliphatic rings. The first-order valence-corrected chi connectivity index (χ1v) is 11.2. The standard InChI is InChI=1S/C21H20ClN3O4S/c22-15-4-1-3-13(9-15)10-16-5-2-8-25(16)21(27)19-20(26)24-18-11-14(12-30(28)29)6-7-17(18)23-19/h1,3-4,6-7,9,11,16H,2,5,8,10,12H2,(H,24,26)(H,28,29). The highest BCUT2D eigenvalue weighted by Gasteiger charge is 2.31. The van der Waals surface area contributed by atoms with E-state index < -0.39 is 16.6 Å². The van der Waals surface area contributed by atoms with Crippen molar-refractivity contribution in [3.63, 3.8) is 0 Å². The van der Waals surface area contributed by atoms with Crippen LogP contribution in [-0.4, -0.2) is 42.1 Å². The zero-order valence-electron chi connectivity index (χ0n) is 16.0. The van der Waals surface area contributed by atoms with Gasteiger partial charge in [-0.3, -0.25) is 9.59 Å². The molecule has 1 saturated heterocycles. The number of halogens is 1. The Labute approximate surface area is 180 Å². The van der Waals surface area contributed by atoms with Gasteiger partial charge < -0.3 is 14.4 Å². The van der Waals surface area contributed by atoms with E-state index in [2.05, 4.69) is 9.97 Å². The van der Waals surface area contributed by atoms with Gasteiger partial charge in [0.25, 0.3) is 11.5 Å². The Morgan fingerprint density at radius 2 is 2.10 bits per heavy atom. The van der Waals surface area contributed by atoms with Crippen LogP contribution in [0.2, 0.25) is 5.02 Å². The molecular weight excluding hydrogens is 426 g/mol. The summed E-state index contributed by atoms with van der Waals surface area (Å²) in [6.45, 7) is 0.574. The number of rotatable bonds is 5. The van der Waals surface area contributed by atoms with E-state index in [1.165, 1.54) is 0 Å². The van der Waals surface area contributed by atoms with E-state index in [9.17, 15) is 13.8 Å². The van der Waals surface area contributed by atoms with Crippen LogP contribution in [0.5, 0.6) is 0 Å². The minimum Gasteiger partial charge on any atom is -0.334 e. The number of carbonyl (C=O) groups is 1. The number of hydrogen-bond acceptors (Lipinski definition) is 4. The van der Waals surface area contributed by atoms with E-state index >= 15 is 0 Å². The van der Waals surface area contributed by atoms with E-state index in [0.29, 0.717) is 34.6 Å². The molecule has 156 valence electrons. The summed E-state index contributed by atoms with van der Waals surface area (Å²) in [5.41, 5.74) is 1.82. The molecule has 2 N–H and O–H groups in total. The van der Waals surface area contributed by atoms with Gasteiger partial charge in [0.2, 0.25) is 0 Å². The van der Waals surface area contributed by atoms with Crippen molar-refractivity contribution >= 4 is 39.6 Å². The first kappa shape index (κ1) is 20.7. The average molecular weight is 446 g/mol. The zero-order valence-corrected chi connectivity index (χ0v) is 17.6. The smallest absolute Gasteiger partial charge is 0.280 e. The predicted molar refractivity (Wildman–Crippen MR) is 116 cm³/mol. The van der Waals surface area contributed by atoms with Gasteiger partial charge >= 0.3 is 0 Å². The van der Waals surface area contributed by atoms with Crippen molar-refractivity contribution in [1.82, 2.24) is 14.9 Å². The fourth-order valence-electron chi connectivity index (χ4n) is 3.90. The zero-order chi connectivity index (χ0) is 21.3. The van der Waals surface area contributed by atoms with Crippen LogP contribution in [0, 0.1) is 0 Å². The number of amides is 1. The Kier molecular flexibility index (Phi) is 5.99. The Balaban J connectivity index is 1.60. The number of hydrogen-bond donors (Lipinski definition) is 2. The third-order valence-electron chi connectivity index (χ3n) is 5.25. The number of likely N-dealkylation sites (tertiary alicyclic amines) is 1. The van der Waals surface area contributed by atoms with Gasteiger partial charge in [-0.05, 0) is 54.7 Å². The van der Waals surface area contributed by atoms with Crippen LogP contribution in [0.1, 0.15) is 34.5 Å². The molecule has 0 bridgehead atoms. The highest BCUT2D eigenvalue weighted by Crippen LogP contribution is 2.24. The maximum absolute atomic E-state index is 13.1. The van der Waals surface area contributed by atoms with E-state index in [1.54, 1.807) is 23.1 Å². The van der Waals surface area contributed by atoms with E-state index in [4.69, 9.17) is 16.2 Å². The molecule has 2 atom stereocenters. The monoisotopic (exact) mass is 445 g/mol. The van der Waals surface area contributed by atoms with Gasteiger partial charge in [-0.1, -0.05) is 29.8 Å². The van der Waals surface area contributed by atoms with Crippen LogP contribution >= 0.6 is 11.6 Å². The van der Waals surface area contributed by atoms with Crippen molar-refractivity contribution < 1.29 is 13.6 Å². The molecular formula is C21H20ClN3O4S. The molecule has 4 rings (SSSR count). The summed E-state index contributed by atoms with van der Waals surface area (Å²) in [4.78, 5) is 34.4. The average Bonchev–Trinajstić information content (AvgIpc) is 3.14. The van der Waals surface area contributed by atoms with Gasteiger partial charge in [0, 0.05) is 17.6 Å². The number of carbonyl (C=O) groups excluding carboxylic acids is 1. The maximum Gasteiger partial charge on any atom is 0.280 e. The lowest BCUT2D eigenvalue weighted by Crippen LogP contribution is -2.40.